The van der Waals surface area contributed by atoms with Gasteiger partial charge in [-0.15, -0.1) is 0 Å². The lowest BCUT2D eigenvalue weighted by molar-refractivity contribution is -0.648. The minimum absolute atomic E-state index is 0.224. The molecule has 3 N–H and O–H groups in total. The van der Waals surface area contributed by atoms with E-state index in [0.717, 1.165) is 5.56 Å². The number of carbonyl (C=O) groups is 1. The van der Waals surface area contributed by atoms with Gasteiger partial charge in [-0.2, -0.15) is 0 Å². The van der Waals surface area contributed by atoms with Crippen LogP contribution in [0.1, 0.15) is 28.9 Å². The van der Waals surface area contributed by atoms with Crippen LogP contribution in [0.25, 0.3) is 16.7 Å². The van der Waals surface area contributed by atoms with E-state index in [1.165, 1.54) is 10.5 Å². The number of carbonyl (C=O) groups excluding carboxylic acids is 1. The third kappa shape index (κ3) is 3.30. The molecule has 1 aromatic carbocycles. The minimum Gasteiger partial charge on any atom is -0.345 e. The highest BCUT2D eigenvalue weighted by atomic mass is 16.2. The summed E-state index contributed by atoms with van der Waals surface area (Å²) in [6, 6.07) is 16.2. The Labute approximate surface area is 173 Å². The molecule has 3 heterocycles. The summed E-state index contributed by atoms with van der Waals surface area (Å²) >= 11 is 0. The van der Waals surface area contributed by atoms with E-state index in [4.69, 9.17) is 5.73 Å². The van der Waals surface area contributed by atoms with E-state index in [1.807, 2.05) is 43.3 Å². The second-order valence-electron chi connectivity index (χ2n) is 7.03. The van der Waals surface area contributed by atoms with Crippen LogP contribution in [-0.4, -0.2) is 15.3 Å². The molecule has 30 heavy (non-hydrogen) atoms. The van der Waals surface area contributed by atoms with Gasteiger partial charge < -0.3 is 11.1 Å². The maximum Gasteiger partial charge on any atom is 0.278 e. The van der Waals surface area contributed by atoms with Crippen molar-refractivity contribution in [1.82, 2.24) is 14.7 Å². The number of nitrogen functional groups attached to an aromatic ring is 1. The molecule has 3 aromatic heterocycles. The Morgan fingerprint density at radius 3 is 2.73 bits per heavy atom. The lowest BCUT2D eigenvalue weighted by atomic mass is 10.1. The maximum atomic E-state index is 13.1. The number of pyridine rings is 2. The van der Waals surface area contributed by atoms with Crippen LogP contribution >= 0.6 is 0 Å². The molecule has 0 saturated carbocycles. The topological polar surface area (TPSA) is 93.4 Å². The lowest BCUT2D eigenvalue weighted by Gasteiger charge is -2.16. The molecule has 7 heteroatoms. The second-order valence-corrected chi connectivity index (χ2v) is 7.03. The summed E-state index contributed by atoms with van der Waals surface area (Å²) < 4.78 is 3.09. The summed E-state index contributed by atoms with van der Waals surface area (Å²) in [6.07, 6.45) is 3.30. The monoisotopic (exact) mass is 400 g/mol. The van der Waals surface area contributed by atoms with Gasteiger partial charge in [-0.1, -0.05) is 54.0 Å². The SMILES string of the molecule is C=CC[n+]1c(N)c(C(=O)N[C@H](C)c2ccccc2)cc2c(=O)n3ccccc3nc21. The largest absolute Gasteiger partial charge is 0.345 e. The average molecular weight is 400 g/mol. The third-order valence-corrected chi connectivity index (χ3v) is 5.06. The summed E-state index contributed by atoms with van der Waals surface area (Å²) in [5.41, 5.74) is 8.19. The first kappa shape index (κ1) is 19.3. The van der Waals surface area contributed by atoms with Crippen LogP contribution < -0.4 is 21.2 Å². The Balaban J connectivity index is 1.87. The van der Waals surface area contributed by atoms with Gasteiger partial charge in [-0.05, 0) is 30.7 Å². The van der Waals surface area contributed by atoms with Crippen molar-refractivity contribution >= 4 is 28.4 Å². The molecule has 1 amide bonds. The molecule has 0 saturated heterocycles. The number of allylic oxidation sites excluding steroid dienone is 1. The predicted molar refractivity (Wildman–Crippen MR) is 116 cm³/mol. The van der Waals surface area contributed by atoms with Crippen LogP contribution in [-0.2, 0) is 6.54 Å². The normalized spacial score (nSPS) is 12.0. The molecule has 150 valence electrons. The number of benzene rings is 1. The summed E-state index contributed by atoms with van der Waals surface area (Å²) in [6.45, 7) is 5.97. The molecule has 0 spiro atoms. The lowest BCUT2D eigenvalue weighted by Crippen LogP contribution is -2.42. The summed E-state index contributed by atoms with van der Waals surface area (Å²) in [4.78, 5) is 30.7. The van der Waals surface area contributed by atoms with Crippen molar-refractivity contribution in [3.63, 3.8) is 0 Å². The number of amides is 1. The van der Waals surface area contributed by atoms with Crippen molar-refractivity contribution in [3.05, 3.63) is 94.9 Å². The molecule has 4 aromatic rings. The highest BCUT2D eigenvalue weighted by molar-refractivity contribution is 6.00. The Bertz CT molecular complexity index is 1330. The molecule has 0 bridgehead atoms. The zero-order valence-electron chi connectivity index (χ0n) is 16.6. The van der Waals surface area contributed by atoms with Crippen LogP contribution in [0.2, 0.25) is 0 Å². The predicted octanol–water partition coefficient (Wildman–Crippen LogP) is 2.39. The van der Waals surface area contributed by atoms with Gasteiger partial charge in [-0.3, -0.25) is 14.0 Å². The van der Waals surface area contributed by atoms with Crippen molar-refractivity contribution < 1.29 is 9.36 Å². The molecular weight excluding hydrogens is 378 g/mol. The third-order valence-electron chi connectivity index (χ3n) is 5.06. The fourth-order valence-electron chi connectivity index (χ4n) is 3.50. The van der Waals surface area contributed by atoms with E-state index in [9.17, 15) is 9.59 Å². The number of nitrogens with two attached hydrogens (primary N) is 1. The standard InChI is InChI=1S/C23H21N5O2/c1-3-12-28-20(24)17(22(29)25-15(2)16-9-5-4-6-10-16)14-18-21(28)26-19-11-7-8-13-27(19)23(18)30/h3-11,13-15,24H,1,12H2,2H3,(H,25,29)/p+1/t15-/m1/s1. The first-order valence-corrected chi connectivity index (χ1v) is 9.61. The number of aromatic nitrogens is 3. The molecule has 0 radical (unpaired) electrons. The number of anilines is 1. The van der Waals surface area contributed by atoms with E-state index in [2.05, 4.69) is 16.9 Å². The highest BCUT2D eigenvalue weighted by Crippen LogP contribution is 2.17. The molecule has 0 aliphatic carbocycles. The van der Waals surface area contributed by atoms with E-state index in [0.29, 0.717) is 23.2 Å². The summed E-state index contributed by atoms with van der Waals surface area (Å²) in [5.74, 6) is -0.131. The molecule has 1 atom stereocenters. The number of hydrogen-bond acceptors (Lipinski definition) is 4. The van der Waals surface area contributed by atoms with Crippen LogP contribution in [0.3, 0.4) is 0 Å². The van der Waals surface area contributed by atoms with Crippen LogP contribution in [0.15, 0.2) is 78.2 Å². The van der Waals surface area contributed by atoms with E-state index >= 15 is 0 Å². The van der Waals surface area contributed by atoms with Crippen molar-refractivity contribution in [2.45, 2.75) is 19.5 Å². The summed E-state index contributed by atoms with van der Waals surface area (Å²) in [5, 5.41) is 3.27. The Morgan fingerprint density at radius 1 is 1.27 bits per heavy atom. The van der Waals surface area contributed by atoms with E-state index in [1.54, 1.807) is 29.0 Å². The van der Waals surface area contributed by atoms with Crippen molar-refractivity contribution in [2.75, 3.05) is 5.73 Å². The smallest absolute Gasteiger partial charge is 0.278 e. The van der Waals surface area contributed by atoms with Crippen LogP contribution in [0.4, 0.5) is 5.82 Å². The Hall–Kier alpha value is -4.00. The van der Waals surface area contributed by atoms with Gasteiger partial charge in [0.15, 0.2) is 0 Å². The number of fused-ring (bicyclic) bond motifs is 2. The van der Waals surface area contributed by atoms with Gasteiger partial charge in [0.2, 0.25) is 11.5 Å². The van der Waals surface area contributed by atoms with Gasteiger partial charge in [0.05, 0.1) is 12.6 Å². The summed E-state index contributed by atoms with van der Waals surface area (Å²) in [7, 11) is 0. The van der Waals surface area contributed by atoms with Crippen molar-refractivity contribution in [1.29, 1.82) is 0 Å². The van der Waals surface area contributed by atoms with Crippen LogP contribution in [0, 0.1) is 0 Å². The minimum atomic E-state index is -0.360. The Kier molecular flexibility index (Phi) is 5.02. The average Bonchev–Trinajstić information content (AvgIpc) is 2.76. The molecule has 0 aliphatic rings. The quantitative estimate of drug-likeness (QED) is 0.306. The molecule has 0 unspecified atom stereocenters. The number of nitrogens with one attached hydrogen (secondary N) is 1. The molecule has 7 nitrogen and oxygen atoms in total. The zero-order chi connectivity index (χ0) is 21.3. The fourth-order valence-corrected chi connectivity index (χ4v) is 3.50. The van der Waals surface area contributed by atoms with Gasteiger partial charge >= 0.3 is 0 Å². The highest BCUT2D eigenvalue weighted by Gasteiger charge is 2.24. The second kappa shape index (κ2) is 7.79. The van der Waals surface area contributed by atoms with E-state index < -0.39 is 0 Å². The fraction of sp³-hybridized carbons (Fsp3) is 0.130. The molecule has 0 aliphatic heterocycles. The van der Waals surface area contributed by atoms with Crippen molar-refractivity contribution in [2.24, 2.45) is 0 Å². The van der Waals surface area contributed by atoms with Gasteiger partial charge in [-0.25, -0.2) is 4.57 Å². The molecule has 4 rings (SSSR count). The van der Waals surface area contributed by atoms with Crippen LogP contribution in [0.5, 0.6) is 0 Å². The Morgan fingerprint density at radius 2 is 2.00 bits per heavy atom. The molecule has 0 fully saturated rings. The van der Waals surface area contributed by atoms with E-state index in [-0.39, 0.29) is 28.9 Å². The molecular formula is C23H22N5O2+. The van der Waals surface area contributed by atoms with Crippen molar-refractivity contribution in [3.8, 4) is 0 Å². The van der Waals surface area contributed by atoms with Gasteiger partial charge in [0, 0.05) is 6.20 Å². The number of hydrogen-bond donors (Lipinski definition) is 2. The zero-order valence-corrected chi connectivity index (χ0v) is 16.6. The van der Waals surface area contributed by atoms with Gasteiger partial charge in [0.25, 0.3) is 17.1 Å². The number of rotatable bonds is 5. The van der Waals surface area contributed by atoms with Gasteiger partial charge in [0.1, 0.15) is 10.9 Å². The first-order chi connectivity index (χ1) is 14.5. The maximum absolute atomic E-state index is 13.1. The number of nitrogens with zero attached hydrogens (tertiary/aromatic N) is 3. The first-order valence-electron chi connectivity index (χ1n) is 9.61.